The lowest BCUT2D eigenvalue weighted by atomic mass is 10.1. The summed E-state index contributed by atoms with van der Waals surface area (Å²) in [6.07, 6.45) is 3.48. The maximum Gasteiger partial charge on any atom is 0.311 e. The van der Waals surface area contributed by atoms with E-state index in [4.69, 9.17) is 21.4 Å². The molecular weight excluding hydrogens is 552 g/mol. The van der Waals surface area contributed by atoms with Gasteiger partial charge in [0.15, 0.2) is 11.6 Å². The summed E-state index contributed by atoms with van der Waals surface area (Å²) < 4.78 is 8.77. The molecule has 0 radical (unpaired) electrons. The maximum atomic E-state index is 13.3. The van der Waals surface area contributed by atoms with Crippen molar-refractivity contribution in [3.8, 4) is 34.1 Å². The van der Waals surface area contributed by atoms with Crippen LogP contribution in [0.5, 0.6) is 5.75 Å². The van der Waals surface area contributed by atoms with Crippen molar-refractivity contribution in [1.82, 2.24) is 24.4 Å². The summed E-state index contributed by atoms with van der Waals surface area (Å²) in [7, 11) is 0. The van der Waals surface area contributed by atoms with Crippen LogP contribution in [0.25, 0.3) is 39.4 Å². The minimum absolute atomic E-state index is 0.169. The van der Waals surface area contributed by atoms with E-state index in [-0.39, 0.29) is 17.0 Å². The van der Waals surface area contributed by atoms with Gasteiger partial charge in [0, 0.05) is 34.0 Å². The highest BCUT2D eigenvalue weighted by Gasteiger charge is 2.20. The Kier molecular flexibility index (Phi) is 6.58. The topological polar surface area (TPSA) is 117 Å². The minimum atomic E-state index is -0.486. The number of ether oxygens (including phenoxy) is 1. The number of para-hydroxylation sites is 1. The fraction of sp³-hybridized carbons (Fsp3) is 0.0714. The molecule has 12 heteroatoms. The van der Waals surface area contributed by atoms with Crippen LogP contribution in [0, 0.1) is 10.1 Å². The van der Waals surface area contributed by atoms with Crippen LogP contribution in [0.4, 0.5) is 5.69 Å². The number of thiazole rings is 1. The summed E-state index contributed by atoms with van der Waals surface area (Å²) in [5.41, 5.74) is 2.61. The van der Waals surface area contributed by atoms with Gasteiger partial charge in [0.05, 0.1) is 21.7 Å². The van der Waals surface area contributed by atoms with Gasteiger partial charge in [0.25, 0.3) is 5.56 Å². The van der Waals surface area contributed by atoms with E-state index in [0.717, 1.165) is 11.3 Å². The summed E-state index contributed by atoms with van der Waals surface area (Å²) in [5.74, 6) is 0.596. The molecule has 0 bridgehead atoms. The van der Waals surface area contributed by atoms with E-state index in [1.165, 1.54) is 21.9 Å². The number of nitro groups is 1. The second-order valence-electron chi connectivity index (χ2n) is 8.64. The largest absolute Gasteiger partial charge is 0.487 e. The van der Waals surface area contributed by atoms with E-state index in [9.17, 15) is 14.9 Å². The lowest BCUT2D eigenvalue weighted by Gasteiger charge is -2.06. The zero-order valence-corrected chi connectivity index (χ0v) is 22.5. The molecule has 0 saturated carbocycles. The van der Waals surface area contributed by atoms with Gasteiger partial charge in [-0.05, 0) is 61.5 Å². The van der Waals surface area contributed by atoms with Gasteiger partial charge in [-0.25, -0.2) is 4.68 Å². The monoisotopic (exact) mass is 570 g/mol. The van der Waals surface area contributed by atoms with E-state index < -0.39 is 4.92 Å². The Morgan fingerprint density at radius 1 is 1.05 bits per heavy atom. The number of fused-ring (bicyclic) bond motifs is 1. The number of rotatable bonds is 7. The molecule has 0 saturated heterocycles. The normalized spacial score (nSPS) is 11.8. The molecule has 0 atom stereocenters. The first-order valence-corrected chi connectivity index (χ1v) is 13.3. The van der Waals surface area contributed by atoms with Crippen molar-refractivity contribution >= 4 is 39.7 Å². The third kappa shape index (κ3) is 4.72. The lowest BCUT2D eigenvalue weighted by Crippen LogP contribution is -2.23. The zero-order valence-electron chi connectivity index (χ0n) is 20.9. The molecule has 3 aromatic heterocycles. The summed E-state index contributed by atoms with van der Waals surface area (Å²) in [5, 5.41) is 21.5. The van der Waals surface area contributed by atoms with Crippen LogP contribution in [0.2, 0.25) is 5.02 Å². The number of benzene rings is 3. The van der Waals surface area contributed by atoms with Crippen LogP contribution < -0.4 is 14.8 Å². The van der Waals surface area contributed by atoms with Gasteiger partial charge in [0.2, 0.25) is 4.96 Å². The van der Waals surface area contributed by atoms with E-state index in [1.54, 1.807) is 60.3 Å². The van der Waals surface area contributed by atoms with Gasteiger partial charge < -0.3 is 4.74 Å². The van der Waals surface area contributed by atoms with Crippen LogP contribution in [-0.2, 0) is 0 Å². The molecule has 3 heterocycles. The summed E-state index contributed by atoms with van der Waals surface area (Å²) in [4.78, 5) is 29.6. The first-order chi connectivity index (χ1) is 19.4. The molecule has 6 aromatic rings. The highest BCUT2D eigenvalue weighted by atomic mass is 35.5. The van der Waals surface area contributed by atoms with Crippen LogP contribution in [0.15, 0.2) is 83.8 Å². The predicted molar refractivity (Wildman–Crippen MR) is 153 cm³/mol. The molecular formula is C28H19ClN6O4S. The van der Waals surface area contributed by atoms with Gasteiger partial charge in [-0.3, -0.25) is 14.9 Å². The molecule has 10 nitrogen and oxygen atoms in total. The van der Waals surface area contributed by atoms with E-state index in [1.807, 2.05) is 30.3 Å². The first kappa shape index (κ1) is 25.4. The quantitative estimate of drug-likeness (QED) is 0.192. The van der Waals surface area contributed by atoms with Crippen molar-refractivity contribution in [3.05, 3.63) is 115 Å². The molecule has 0 N–H and O–H groups in total. The number of halogens is 1. The Balaban J connectivity index is 1.49. The number of aromatic nitrogens is 5. The minimum Gasteiger partial charge on any atom is -0.487 e. The van der Waals surface area contributed by atoms with Crippen LogP contribution in [0.1, 0.15) is 12.5 Å². The van der Waals surface area contributed by atoms with Gasteiger partial charge >= 0.3 is 5.69 Å². The van der Waals surface area contributed by atoms with E-state index in [2.05, 4.69) is 10.1 Å². The number of hydrogen-bond donors (Lipinski definition) is 0. The molecule has 0 amide bonds. The van der Waals surface area contributed by atoms with E-state index >= 15 is 0 Å². The van der Waals surface area contributed by atoms with Crippen molar-refractivity contribution < 1.29 is 9.66 Å². The Labute approximate surface area is 235 Å². The summed E-state index contributed by atoms with van der Waals surface area (Å²) >= 11 is 7.17. The van der Waals surface area contributed by atoms with Crippen molar-refractivity contribution in [1.29, 1.82) is 0 Å². The predicted octanol–water partition coefficient (Wildman–Crippen LogP) is 5.18. The Morgan fingerprint density at radius 2 is 1.80 bits per heavy atom. The maximum absolute atomic E-state index is 13.3. The van der Waals surface area contributed by atoms with Crippen molar-refractivity contribution in [2.24, 2.45) is 0 Å². The van der Waals surface area contributed by atoms with Crippen molar-refractivity contribution in [2.75, 3.05) is 6.61 Å². The second kappa shape index (κ2) is 10.4. The smallest absolute Gasteiger partial charge is 0.311 e. The summed E-state index contributed by atoms with van der Waals surface area (Å²) in [6, 6.07) is 21.2. The van der Waals surface area contributed by atoms with Crippen molar-refractivity contribution in [3.63, 3.8) is 0 Å². The highest BCUT2D eigenvalue weighted by molar-refractivity contribution is 7.15. The fourth-order valence-electron chi connectivity index (χ4n) is 4.21. The Hall–Kier alpha value is -4.87. The number of nitro benzene ring substituents is 1. The third-order valence-corrected chi connectivity index (χ3v) is 7.27. The van der Waals surface area contributed by atoms with Gasteiger partial charge in [-0.2, -0.15) is 14.6 Å². The van der Waals surface area contributed by atoms with Gasteiger partial charge in [-0.1, -0.05) is 41.1 Å². The fourth-order valence-corrected chi connectivity index (χ4v) is 5.24. The molecule has 6 rings (SSSR count). The van der Waals surface area contributed by atoms with Crippen LogP contribution in [0.3, 0.4) is 0 Å². The molecule has 3 aromatic carbocycles. The van der Waals surface area contributed by atoms with Crippen LogP contribution in [-0.4, -0.2) is 35.9 Å². The molecule has 0 unspecified atom stereocenters. The van der Waals surface area contributed by atoms with Gasteiger partial charge in [0.1, 0.15) is 5.69 Å². The van der Waals surface area contributed by atoms with Gasteiger partial charge in [-0.15, -0.1) is 5.10 Å². The Bertz CT molecular complexity index is 1980. The summed E-state index contributed by atoms with van der Waals surface area (Å²) in [6.45, 7) is 2.06. The van der Waals surface area contributed by atoms with Crippen molar-refractivity contribution in [2.45, 2.75) is 6.92 Å². The third-order valence-electron chi connectivity index (χ3n) is 6.06. The first-order valence-electron chi connectivity index (χ1n) is 12.1. The second-order valence-corrected chi connectivity index (χ2v) is 10.1. The molecule has 40 heavy (non-hydrogen) atoms. The average molecular weight is 571 g/mol. The van der Waals surface area contributed by atoms with E-state index in [0.29, 0.717) is 43.8 Å². The zero-order chi connectivity index (χ0) is 27.8. The molecule has 198 valence electrons. The SMILES string of the molecule is CCOc1ccc(-c2nn(-c3ccccc3)cc2/C=c2\sc3nc(-c4ccc(Cl)cc4)nn3c2=O)cc1[N+](=O)[O-]. The highest BCUT2D eigenvalue weighted by Crippen LogP contribution is 2.34. The number of nitrogens with zero attached hydrogens (tertiary/aromatic N) is 6. The lowest BCUT2D eigenvalue weighted by molar-refractivity contribution is -0.385. The molecule has 0 aliphatic heterocycles. The molecule has 0 spiro atoms. The average Bonchev–Trinajstić information content (AvgIpc) is 3.65. The van der Waals surface area contributed by atoms with Crippen LogP contribution >= 0.6 is 22.9 Å². The molecule has 0 aliphatic carbocycles. The molecule has 0 aliphatic rings. The number of hydrogen-bond acceptors (Lipinski definition) is 8. The molecule has 0 fully saturated rings. The standard InChI is InChI=1S/C28H19ClN6O4S/c1-2-39-23-13-10-18(14-22(23)35(37)38)25-19(16-33(31-25)21-6-4-3-5-7-21)15-24-27(36)34-28(40-24)30-26(32-34)17-8-11-20(29)12-9-17/h3-16H,2H2,1H3/b24-15-. The Morgan fingerprint density at radius 3 is 2.50 bits per heavy atom.